The highest BCUT2D eigenvalue weighted by Crippen LogP contribution is 1.74. The summed E-state index contributed by atoms with van der Waals surface area (Å²) in [4.78, 5) is 0. The van der Waals surface area contributed by atoms with Crippen LogP contribution in [0.5, 0.6) is 0 Å². The lowest BCUT2D eigenvalue weighted by molar-refractivity contribution is 0.258. The van der Waals surface area contributed by atoms with Crippen molar-refractivity contribution in [2.45, 2.75) is 0 Å². The van der Waals surface area contributed by atoms with Crippen molar-refractivity contribution in [2.75, 3.05) is 14.2 Å². The number of ether oxygens (including phenoxy) is 2. The first-order chi connectivity index (χ1) is 2.81. The van der Waals surface area contributed by atoms with Gasteiger partial charge >= 0.3 is 5.24 Å². The molecule has 0 rings (SSSR count). The predicted molar refractivity (Wildman–Crippen MR) is 26.6 cm³/mol. The molecule has 0 radical (unpaired) electrons. The van der Waals surface area contributed by atoms with Crippen LogP contribution in [0.25, 0.3) is 0 Å². The lowest BCUT2D eigenvalue weighted by atomic mass is 11.4. The molecule has 0 bridgehead atoms. The summed E-state index contributed by atoms with van der Waals surface area (Å²) in [7, 11) is 2.93. The van der Waals surface area contributed by atoms with Gasteiger partial charge in [0, 0.05) is 12.2 Å². The maximum Gasteiger partial charge on any atom is 0.351 e. The molecule has 0 N–H and O–H groups in total. The largest absolute Gasteiger partial charge is 0.460 e. The van der Waals surface area contributed by atoms with Crippen LogP contribution in [-0.2, 0) is 9.47 Å². The van der Waals surface area contributed by atoms with Gasteiger partial charge in [-0.3, -0.25) is 0 Å². The van der Waals surface area contributed by atoms with Gasteiger partial charge < -0.3 is 9.47 Å². The van der Waals surface area contributed by atoms with E-state index in [0.717, 1.165) is 0 Å². The average molecular weight is 106 g/mol. The summed E-state index contributed by atoms with van der Waals surface area (Å²) in [6.45, 7) is 0. The van der Waals surface area contributed by atoms with E-state index in [1.807, 2.05) is 0 Å². The van der Waals surface area contributed by atoms with Crippen LogP contribution in [0.15, 0.2) is 0 Å². The third-order valence-corrected chi connectivity index (χ3v) is 0.667. The van der Waals surface area contributed by atoms with Gasteiger partial charge in [0.2, 0.25) is 0 Å². The van der Waals surface area contributed by atoms with Crippen molar-refractivity contribution >= 4 is 17.5 Å². The SMILES string of the molecule is COC(=S)OC. The molecule has 2 nitrogen and oxygen atoms in total. The van der Waals surface area contributed by atoms with E-state index in [1.165, 1.54) is 14.2 Å². The van der Waals surface area contributed by atoms with Crippen molar-refractivity contribution in [2.24, 2.45) is 0 Å². The van der Waals surface area contributed by atoms with Crippen LogP contribution in [0.4, 0.5) is 0 Å². The summed E-state index contributed by atoms with van der Waals surface area (Å²) in [5, 5.41) is 0.176. The molecule has 0 aliphatic heterocycles. The maximum atomic E-state index is 4.41. The van der Waals surface area contributed by atoms with Gasteiger partial charge in [-0.1, -0.05) is 0 Å². The molecule has 36 valence electrons. The summed E-state index contributed by atoms with van der Waals surface area (Å²) in [5.41, 5.74) is 0. The Labute approximate surface area is 42.1 Å². The fourth-order valence-corrected chi connectivity index (χ4v) is 0.0833. The van der Waals surface area contributed by atoms with E-state index >= 15 is 0 Å². The highest BCUT2D eigenvalue weighted by molar-refractivity contribution is 7.79. The monoisotopic (exact) mass is 106 g/mol. The zero-order valence-corrected chi connectivity index (χ0v) is 4.54. The van der Waals surface area contributed by atoms with Gasteiger partial charge in [0.1, 0.15) is 0 Å². The van der Waals surface area contributed by atoms with Crippen LogP contribution < -0.4 is 0 Å². The van der Waals surface area contributed by atoms with Crippen molar-refractivity contribution in [1.82, 2.24) is 0 Å². The Morgan fingerprint density at radius 3 is 1.67 bits per heavy atom. The van der Waals surface area contributed by atoms with Gasteiger partial charge in [-0.15, -0.1) is 0 Å². The molecular formula is C3H6O2S. The van der Waals surface area contributed by atoms with E-state index in [2.05, 4.69) is 21.7 Å². The first kappa shape index (κ1) is 5.69. The summed E-state index contributed by atoms with van der Waals surface area (Å²) in [6.07, 6.45) is 0. The van der Waals surface area contributed by atoms with E-state index in [9.17, 15) is 0 Å². The van der Waals surface area contributed by atoms with Gasteiger partial charge in [-0.25, -0.2) is 0 Å². The standard InChI is InChI=1S/C3H6O2S/c1-4-3(6)5-2/h1-2H3. The molecule has 0 saturated heterocycles. The van der Waals surface area contributed by atoms with Crippen LogP contribution in [0, 0.1) is 0 Å². The molecule has 0 atom stereocenters. The minimum absolute atomic E-state index is 0.176. The van der Waals surface area contributed by atoms with Crippen LogP contribution in [0.1, 0.15) is 0 Å². The normalized spacial score (nSPS) is 7.00. The first-order valence-corrected chi connectivity index (χ1v) is 1.84. The highest BCUT2D eigenvalue weighted by atomic mass is 32.1. The van der Waals surface area contributed by atoms with E-state index in [4.69, 9.17) is 0 Å². The molecule has 0 aromatic rings. The van der Waals surface area contributed by atoms with Crippen molar-refractivity contribution in [3.63, 3.8) is 0 Å². The van der Waals surface area contributed by atoms with Crippen LogP contribution in [0.3, 0.4) is 0 Å². The third kappa shape index (κ3) is 1.96. The number of thiocarbonyl (C=S) groups is 1. The Bertz CT molecular complexity index is 46.8. The third-order valence-electron chi connectivity index (χ3n) is 0.333. The molecule has 3 heteroatoms. The fraction of sp³-hybridized carbons (Fsp3) is 0.667. The van der Waals surface area contributed by atoms with Crippen LogP contribution in [0.2, 0.25) is 0 Å². The average Bonchev–Trinajstić information content (AvgIpc) is 1.65. The van der Waals surface area contributed by atoms with E-state index in [0.29, 0.717) is 0 Å². The first-order valence-electron chi connectivity index (χ1n) is 1.43. The van der Waals surface area contributed by atoms with Crippen molar-refractivity contribution in [1.29, 1.82) is 0 Å². The number of hydrogen-bond acceptors (Lipinski definition) is 3. The number of methoxy groups -OCH3 is 2. The van der Waals surface area contributed by atoms with Gasteiger partial charge in [0.05, 0.1) is 14.2 Å². The zero-order chi connectivity index (χ0) is 4.99. The predicted octanol–water partition coefficient (Wildman–Crippen LogP) is 0.564. The molecule has 0 heterocycles. The summed E-state index contributed by atoms with van der Waals surface area (Å²) < 4.78 is 8.82. The molecular weight excluding hydrogens is 100 g/mol. The fourth-order valence-electron chi connectivity index (χ4n) is 0.0833. The van der Waals surface area contributed by atoms with E-state index in [-0.39, 0.29) is 5.24 Å². The van der Waals surface area contributed by atoms with Gasteiger partial charge in [-0.05, 0) is 0 Å². The smallest absolute Gasteiger partial charge is 0.351 e. The lowest BCUT2D eigenvalue weighted by Gasteiger charge is -1.94. The molecule has 0 aromatic carbocycles. The molecule has 6 heavy (non-hydrogen) atoms. The van der Waals surface area contributed by atoms with E-state index in [1.54, 1.807) is 0 Å². The quantitative estimate of drug-likeness (QED) is 0.420. The topological polar surface area (TPSA) is 18.5 Å². The summed E-state index contributed by atoms with van der Waals surface area (Å²) >= 11 is 4.41. The number of hydrogen-bond donors (Lipinski definition) is 0. The van der Waals surface area contributed by atoms with Gasteiger partial charge in [-0.2, -0.15) is 0 Å². The Morgan fingerprint density at radius 1 is 1.33 bits per heavy atom. The van der Waals surface area contributed by atoms with Crippen LogP contribution in [-0.4, -0.2) is 19.5 Å². The molecule has 0 unspecified atom stereocenters. The highest BCUT2D eigenvalue weighted by Gasteiger charge is 1.81. The minimum Gasteiger partial charge on any atom is -0.460 e. The molecule has 0 aliphatic carbocycles. The molecule has 0 spiro atoms. The second-order valence-corrected chi connectivity index (χ2v) is 0.992. The van der Waals surface area contributed by atoms with Crippen molar-refractivity contribution in [3.8, 4) is 0 Å². The zero-order valence-electron chi connectivity index (χ0n) is 3.72. The van der Waals surface area contributed by atoms with Crippen molar-refractivity contribution < 1.29 is 9.47 Å². The van der Waals surface area contributed by atoms with Gasteiger partial charge in [0.25, 0.3) is 0 Å². The lowest BCUT2D eigenvalue weighted by Crippen LogP contribution is -1.97. The number of rotatable bonds is 0. The Kier molecular flexibility index (Phi) is 2.75. The molecule has 0 aromatic heterocycles. The van der Waals surface area contributed by atoms with Crippen molar-refractivity contribution in [3.05, 3.63) is 0 Å². The maximum absolute atomic E-state index is 4.41. The van der Waals surface area contributed by atoms with E-state index < -0.39 is 0 Å². The summed E-state index contributed by atoms with van der Waals surface area (Å²) in [6, 6.07) is 0. The molecule has 0 amide bonds. The second kappa shape index (κ2) is 2.90. The molecule has 0 fully saturated rings. The summed E-state index contributed by atoms with van der Waals surface area (Å²) in [5.74, 6) is 0. The molecule has 0 aliphatic rings. The second-order valence-electron chi connectivity index (χ2n) is 0.658. The minimum atomic E-state index is 0.176. The molecule has 0 saturated carbocycles. The van der Waals surface area contributed by atoms with Crippen LogP contribution >= 0.6 is 12.2 Å². The Morgan fingerprint density at radius 2 is 1.67 bits per heavy atom. The Hall–Kier alpha value is -0.310. The van der Waals surface area contributed by atoms with Gasteiger partial charge in [0.15, 0.2) is 0 Å². The Balaban J connectivity index is 2.99.